The third-order valence-corrected chi connectivity index (χ3v) is 3.81. The first kappa shape index (κ1) is 15.5. The van der Waals surface area contributed by atoms with Crippen LogP contribution in [-0.4, -0.2) is 17.6 Å². The lowest BCUT2D eigenvalue weighted by molar-refractivity contribution is 0.618. The first-order valence-electron chi connectivity index (χ1n) is 6.88. The Bertz CT molecular complexity index is 364. The summed E-state index contributed by atoms with van der Waals surface area (Å²) in [6.07, 6.45) is 5.78. The summed E-state index contributed by atoms with van der Waals surface area (Å²) in [5.41, 5.74) is 2.52. The van der Waals surface area contributed by atoms with Crippen LogP contribution in [0.15, 0.2) is 12.3 Å². The Morgan fingerprint density at radius 1 is 1.33 bits per heavy atom. The number of rotatable bonds is 7. The molecule has 1 heterocycles. The number of halogens is 1. The van der Waals surface area contributed by atoms with Crippen LogP contribution in [0.1, 0.15) is 51.2 Å². The van der Waals surface area contributed by atoms with Crippen molar-refractivity contribution >= 4 is 21.7 Å². The number of unbranched alkanes of at least 4 members (excludes halogenated alkanes) is 2. The molecule has 0 radical (unpaired) electrons. The van der Waals surface area contributed by atoms with Gasteiger partial charge in [0.2, 0.25) is 0 Å². The molecular weight excluding hydrogens is 288 g/mol. The molecule has 0 aliphatic carbocycles. The molecule has 2 nitrogen and oxygen atoms in total. The lowest BCUT2D eigenvalue weighted by Crippen LogP contribution is -2.33. The molecule has 0 saturated heterocycles. The number of hydrogen-bond donors (Lipinski definition) is 0. The third kappa shape index (κ3) is 4.27. The van der Waals surface area contributed by atoms with Crippen molar-refractivity contribution < 1.29 is 0 Å². The maximum Gasteiger partial charge on any atom is 0.131 e. The molecule has 3 heteroatoms. The molecule has 0 amide bonds. The Hall–Kier alpha value is -0.570. The molecule has 0 bridgehead atoms. The highest BCUT2D eigenvalue weighted by Gasteiger charge is 2.14. The van der Waals surface area contributed by atoms with E-state index >= 15 is 0 Å². The molecule has 0 aromatic carbocycles. The fourth-order valence-corrected chi connectivity index (χ4v) is 2.45. The highest BCUT2D eigenvalue weighted by molar-refractivity contribution is 9.08. The molecule has 1 rings (SSSR count). The Labute approximate surface area is 120 Å². The monoisotopic (exact) mass is 312 g/mol. The number of hydrogen-bond acceptors (Lipinski definition) is 2. The summed E-state index contributed by atoms with van der Waals surface area (Å²) in [4.78, 5) is 7.06. The number of anilines is 1. The molecule has 1 aromatic rings. The average Bonchev–Trinajstić information content (AvgIpc) is 2.35. The molecule has 0 N–H and O–H groups in total. The second-order valence-corrected chi connectivity index (χ2v) is 5.67. The van der Waals surface area contributed by atoms with Crippen molar-refractivity contribution in [1.29, 1.82) is 0 Å². The summed E-state index contributed by atoms with van der Waals surface area (Å²) in [5.74, 6) is 1.14. The van der Waals surface area contributed by atoms with E-state index in [4.69, 9.17) is 0 Å². The van der Waals surface area contributed by atoms with E-state index in [1.54, 1.807) is 0 Å². The van der Waals surface area contributed by atoms with Crippen LogP contribution < -0.4 is 4.90 Å². The van der Waals surface area contributed by atoms with Gasteiger partial charge < -0.3 is 4.90 Å². The summed E-state index contributed by atoms with van der Waals surface area (Å²) in [5, 5.41) is 0.874. The molecule has 0 aliphatic rings. The summed E-state index contributed by atoms with van der Waals surface area (Å²) in [6.45, 7) is 9.99. The van der Waals surface area contributed by atoms with E-state index in [0.717, 1.165) is 17.7 Å². The van der Waals surface area contributed by atoms with Gasteiger partial charge in [-0.25, -0.2) is 4.98 Å². The van der Waals surface area contributed by atoms with Gasteiger partial charge in [0.15, 0.2) is 0 Å². The van der Waals surface area contributed by atoms with Gasteiger partial charge in [-0.1, -0.05) is 41.8 Å². The van der Waals surface area contributed by atoms with Crippen molar-refractivity contribution in [2.45, 2.75) is 58.3 Å². The van der Waals surface area contributed by atoms with Crippen molar-refractivity contribution in [1.82, 2.24) is 4.98 Å². The van der Waals surface area contributed by atoms with E-state index in [0.29, 0.717) is 6.04 Å². The van der Waals surface area contributed by atoms with Crippen LogP contribution >= 0.6 is 15.9 Å². The van der Waals surface area contributed by atoms with Gasteiger partial charge in [0.05, 0.1) is 0 Å². The normalized spacial score (nSPS) is 11.0. The highest BCUT2D eigenvalue weighted by Crippen LogP contribution is 2.21. The van der Waals surface area contributed by atoms with E-state index in [9.17, 15) is 0 Å². The van der Waals surface area contributed by atoms with E-state index in [-0.39, 0.29) is 0 Å². The molecular formula is C15H25BrN2. The standard InChI is InChI=1S/C15H25BrN2/c1-5-6-7-8-18(12(2)3)15-13(4)9-14(10-16)11-17-15/h9,11-12H,5-8,10H2,1-4H3. The molecule has 0 aliphatic heterocycles. The molecule has 0 saturated carbocycles. The van der Waals surface area contributed by atoms with E-state index < -0.39 is 0 Å². The zero-order valence-corrected chi connectivity index (χ0v) is 13.6. The smallest absolute Gasteiger partial charge is 0.131 e. The summed E-state index contributed by atoms with van der Waals surface area (Å²) in [6, 6.07) is 2.73. The molecule has 0 atom stereocenters. The summed E-state index contributed by atoms with van der Waals surface area (Å²) >= 11 is 3.48. The fourth-order valence-electron chi connectivity index (χ4n) is 2.14. The zero-order valence-electron chi connectivity index (χ0n) is 12.0. The van der Waals surface area contributed by atoms with E-state index in [2.05, 4.69) is 59.6 Å². The lowest BCUT2D eigenvalue weighted by Gasteiger charge is -2.29. The van der Waals surface area contributed by atoms with Crippen LogP contribution in [0.4, 0.5) is 5.82 Å². The van der Waals surface area contributed by atoms with Gasteiger partial charge in [0.1, 0.15) is 5.82 Å². The van der Waals surface area contributed by atoms with Crippen molar-refractivity contribution in [3.05, 3.63) is 23.4 Å². The minimum absolute atomic E-state index is 0.503. The molecule has 102 valence electrons. The molecule has 0 fully saturated rings. The highest BCUT2D eigenvalue weighted by atomic mass is 79.9. The van der Waals surface area contributed by atoms with Gasteiger partial charge in [-0.2, -0.15) is 0 Å². The summed E-state index contributed by atoms with van der Waals surface area (Å²) < 4.78 is 0. The van der Waals surface area contributed by atoms with Crippen molar-refractivity contribution in [2.24, 2.45) is 0 Å². The van der Waals surface area contributed by atoms with Crippen molar-refractivity contribution in [3.8, 4) is 0 Å². The van der Waals surface area contributed by atoms with Crippen LogP contribution in [0.25, 0.3) is 0 Å². The number of nitrogens with zero attached hydrogens (tertiary/aromatic N) is 2. The SMILES string of the molecule is CCCCCN(c1ncc(CBr)cc1C)C(C)C. The topological polar surface area (TPSA) is 16.1 Å². The average molecular weight is 313 g/mol. The predicted octanol–water partition coefficient (Wildman–Crippen LogP) is 4.69. The Kier molecular flexibility index (Phi) is 6.69. The van der Waals surface area contributed by atoms with Gasteiger partial charge in [-0.15, -0.1) is 0 Å². The van der Waals surface area contributed by atoms with E-state index in [1.165, 1.54) is 30.4 Å². The largest absolute Gasteiger partial charge is 0.354 e. The van der Waals surface area contributed by atoms with Gasteiger partial charge in [0.25, 0.3) is 0 Å². The van der Waals surface area contributed by atoms with Crippen LogP contribution in [0.3, 0.4) is 0 Å². The van der Waals surface area contributed by atoms with Crippen LogP contribution in [-0.2, 0) is 5.33 Å². The Morgan fingerprint density at radius 3 is 2.56 bits per heavy atom. The van der Waals surface area contributed by atoms with Gasteiger partial charge in [0, 0.05) is 24.1 Å². The molecule has 18 heavy (non-hydrogen) atoms. The van der Waals surface area contributed by atoms with Gasteiger partial charge in [-0.3, -0.25) is 0 Å². The molecule has 0 unspecified atom stereocenters. The second-order valence-electron chi connectivity index (χ2n) is 5.11. The van der Waals surface area contributed by atoms with E-state index in [1.807, 2.05) is 6.20 Å². The maximum atomic E-state index is 4.65. The van der Waals surface area contributed by atoms with Crippen LogP contribution in [0.5, 0.6) is 0 Å². The summed E-state index contributed by atoms with van der Waals surface area (Å²) in [7, 11) is 0. The number of aromatic nitrogens is 1. The first-order chi connectivity index (χ1) is 8.60. The Balaban J connectivity index is 2.84. The van der Waals surface area contributed by atoms with Crippen LogP contribution in [0, 0.1) is 6.92 Å². The quantitative estimate of drug-likeness (QED) is 0.536. The third-order valence-electron chi connectivity index (χ3n) is 3.16. The minimum atomic E-state index is 0.503. The van der Waals surface area contributed by atoms with Crippen LogP contribution in [0.2, 0.25) is 0 Å². The van der Waals surface area contributed by atoms with Crippen molar-refractivity contribution in [3.63, 3.8) is 0 Å². The maximum absolute atomic E-state index is 4.65. The predicted molar refractivity (Wildman–Crippen MR) is 83.6 cm³/mol. The van der Waals surface area contributed by atoms with Crippen molar-refractivity contribution in [2.75, 3.05) is 11.4 Å². The lowest BCUT2D eigenvalue weighted by atomic mass is 10.1. The van der Waals surface area contributed by atoms with Gasteiger partial charge in [-0.05, 0) is 38.3 Å². The Morgan fingerprint density at radius 2 is 2.06 bits per heavy atom. The number of aryl methyl sites for hydroxylation is 1. The second kappa shape index (κ2) is 7.78. The van der Waals surface area contributed by atoms with Gasteiger partial charge >= 0.3 is 0 Å². The zero-order chi connectivity index (χ0) is 13.5. The number of pyridine rings is 1. The first-order valence-corrected chi connectivity index (χ1v) is 8.00. The fraction of sp³-hybridized carbons (Fsp3) is 0.667. The molecule has 0 spiro atoms. The number of alkyl halides is 1. The minimum Gasteiger partial charge on any atom is -0.354 e. The molecule has 1 aromatic heterocycles.